The second-order valence-corrected chi connectivity index (χ2v) is 5.20. The third kappa shape index (κ3) is 3.57. The van der Waals surface area contributed by atoms with Gasteiger partial charge in [0.2, 0.25) is 0 Å². The zero-order valence-corrected chi connectivity index (χ0v) is 12.7. The van der Waals surface area contributed by atoms with Gasteiger partial charge >= 0.3 is 5.97 Å². The topological polar surface area (TPSA) is 105 Å². The van der Waals surface area contributed by atoms with Gasteiger partial charge in [0.25, 0.3) is 5.56 Å². The molecule has 3 aromatic rings. The quantitative estimate of drug-likeness (QED) is 0.717. The molecule has 0 aliphatic rings. The number of H-pyrrole nitrogens is 1. The Morgan fingerprint density at radius 3 is 2.83 bits per heavy atom. The van der Waals surface area contributed by atoms with Crippen LogP contribution in [0.4, 0.5) is 0 Å². The van der Waals surface area contributed by atoms with Crippen molar-refractivity contribution in [1.29, 1.82) is 0 Å². The minimum atomic E-state index is -0.953. The zero-order chi connectivity index (χ0) is 16.9. The molecule has 0 aliphatic heterocycles. The highest BCUT2D eigenvalue weighted by atomic mass is 16.5. The number of carboxylic acid groups (broad SMARTS) is 1. The summed E-state index contributed by atoms with van der Waals surface area (Å²) >= 11 is 0. The number of aromatic nitrogens is 3. The molecule has 0 amide bonds. The third-order valence-corrected chi connectivity index (χ3v) is 3.49. The number of para-hydroxylation sites is 1. The summed E-state index contributed by atoms with van der Waals surface area (Å²) in [5, 5.41) is 9.62. The van der Waals surface area contributed by atoms with Crippen LogP contribution in [0.3, 0.4) is 0 Å². The lowest BCUT2D eigenvalue weighted by Gasteiger charge is -2.08. The molecule has 2 N–H and O–H groups in total. The molecule has 0 bridgehead atoms. The summed E-state index contributed by atoms with van der Waals surface area (Å²) in [6, 6.07) is 9.39. The number of hydrogen-bond donors (Lipinski definition) is 2. The monoisotopic (exact) mass is 325 g/mol. The summed E-state index contributed by atoms with van der Waals surface area (Å²) < 4.78 is 5.71. The van der Waals surface area contributed by atoms with E-state index in [1.807, 2.05) is 24.3 Å². The number of benzene rings is 1. The number of pyridine rings is 1. The Balaban J connectivity index is 1.73. The molecule has 0 atom stereocenters. The highest BCUT2D eigenvalue weighted by molar-refractivity contribution is 5.84. The van der Waals surface area contributed by atoms with Crippen LogP contribution in [0.15, 0.2) is 47.5 Å². The van der Waals surface area contributed by atoms with Crippen molar-refractivity contribution in [3.63, 3.8) is 0 Å². The first-order valence-electron chi connectivity index (χ1n) is 7.39. The van der Waals surface area contributed by atoms with Crippen molar-refractivity contribution >= 4 is 16.9 Å². The van der Waals surface area contributed by atoms with E-state index in [0.717, 1.165) is 10.9 Å². The SMILES string of the molecule is O=C(O)CCc1cnc(COc2cccc3cccnc23)[nH]c1=O. The largest absolute Gasteiger partial charge is 0.483 e. The maximum Gasteiger partial charge on any atom is 0.303 e. The van der Waals surface area contributed by atoms with Gasteiger partial charge in [-0.1, -0.05) is 18.2 Å². The molecule has 0 saturated carbocycles. The van der Waals surface area contributed by atoms with Crippen LogP contribution in [0, 0.1) is 0 Å². The smallest absolute Gasteiger partial charge is 0.303 e. The van der Waals surface area contributed by atoms with Gasteiger partial charge in [0, 0.05) is 29.8 Å². The van der Waals surface area contributed by atoms with Crippen LogP contribution in [0.5, 0.6) is 5.75 Å². The molecule has 0 saturated heterocycles. The highest BCUT2D eigenvalue weighted by Gasteiger charge is 2.07. The number of aliphatic carboxylic acids is 1. The third-order valence-electron chi connectivity index (χ3n) is 3.49. The van der Waals surface area contributed by atoms with Crippen LogP contribution >= 0.6 is 0 Å². The molecule has 7 nitrogen and oxygen atoms in total. The van der Waals surface area contributed by atoms with Gasteiger partial charge in [0.05, 0.1) is 0 Å². The number of aryl methyl sites for hydroxylation is 1. The van der Waals surface area contributed by atoms with Crippen molar-refractivity contribution in [2.24, 2.45) is 0 Å². The van der Waals surface area contributed by atoms with E-state index in [4.69, 9.17) is 9.84 Å². The fourth-order valence-electron chi connectivity index (χ4n) is 2.29. The van der Waals surface area contributed by atoms with Gasteiger partial charge in [0.15, 0.2) is 0 Å². The standard InChI is InChI=1S/C17H15N3O4/c21-15(22)7-6-12-9-19-14(20-17(12)23)10-24-13-5-1-3-11-4-2-8-18-16(11)13/h1-5,8-9H,6-7,10H2,(H,21,22)(H,19,20,23). The highest BCUT2D eigenvalue weighted by Crippen LogP contribution is 2.23. The summed E-state index contributed by atoms with van der Waals surface area (Å²) in [6.45, 7) is 0.0874. The number of carbonyl (C=O) groups is 1. The Labute approximate surface area is 137 Å². The fourth-order valence-corrected chi connectivity index (χ4v) is 2.29. The van der Waals surface area contributed by atoms with Crippen molar-refractivity contribution in [3.05, 3.63) is 64.5 Å². The van der Waals surface area contributed by atoms with E-state index in [1.165, 1.54) is 6.20 Å². The number of rotatable bonds is 6. The minimum Gasteiger partial charge on any atom is -0.483 e. The number of carboxylic acids is 1. The summed E-state index contributed by atoms with van der Waals surface area (Å²) in [6.07, 6.45) is 3.11. The maximum absolute atomic E-state index is 11.9. The molecule has 0 spiro atoms. The van der Waals surface area contributed by atoms with Crippen molar-refractivity contribution < 1.29 is 14.6 Å². The van der Waals surface area contributed by atoms with E-state index < -0.39 is 5.97 Å². The molecule has 1 aromatic carbocycles. The van der Waals surface area contributed by atoms with Crippen LogP contribution in [-0.2, 0) is 17.8 Å². The van der Waals surface area contributed by atoms with Crippen molar-refractivity contribution in [2.45, 2.75) is 19.4 Å². The van der Waals surface area contributed by atoms with E-state index in [0.29, 0.717) is 17.1 Å². The normalized spacial score (nSPS) is 10.7. The van der Waals surface area contributed by atoms with E-state index in [1.54, 1.807) is 12.3 Å². The Morgan fingerprint density at radius 2 is 2.04 bits per heavy atom. The predicted octanol–water partition coefficient (Wildman–Crippen LogP) is 1.91. The van der Waals surface area contributed by atoms with Crippen LogP contribution in [-0.4, -0.2) is 26.0 Å². The number of ether oxygens (including phenoxy) is 1. The summed E-state index contributed by atoms with van der Waals surface area (Å²) in [7, 11) is 0. The molecule has 0 unspecified atom stereocenters. The Hall–Kier alpha value is -3.22. The number of nitrogens with zero attached hydrogens (tertiary/aromatic N) is 2. The average molecular weight is 325 g/mol. The number of nitrogens with one attached hydrogen (secondary N) is 1. The molecule has 122 valence electrons. The lowest BCUT2D eigenvalue weighted by Crippen LogP contribution is -2.18. The van der Waals surface area contributed by atoms with E-state index in [2.05, 4.69) is 15.0 Å². The molecule has 0 aliphatic carbocycles. The first-order chi connectivity index (χ1) is 11.6. The maximum atomic E-state index is 11.9. The van der Waals surface area contributed by atoms with Crippen LogP contribution in [0.1, 0.15) is 17.8 Å². The summed E-state index contributed by atoms with van der Waals surface area (Å²) in [4.78, 5) is 33.5. The van der Waals surface area contributed by atoms with E-state index in [9.17, 15) is 9.59 Å². The second kappa shape index (κ2) is 6.91. The Morgan fingerprint density at radius 1 is 1.21 bits per heavy atom. The van der Waals surface area contributed by atoms with Crippen LogP contribution < -0.4 is 10.3 Å². The zero-order valence-electron chi connectivity index (χ0n) is 12.7. The average Bonchev–Trinajstić information content (AvgIpc) is 2.59. The first kappa shape index (κ1) is 15.7. The molecule has 24 heavy (non-hydrogen) atoms. The van der Waals surface area contributed by atoms with Crippen molar-refractivity contribution in [3.8, 4) is 5.75 Å². The van der Waals surface area contributed by atoms with Gasteiger partial charge in [-0.3, -0.25) is 14.6 Å². The molecule has 2 aromatic heterocycles. The van der Waals surface area contributed by atoms with Gasteiger partial charge in [-0.05, 0) is 18.6 Å². The van der Waals surface area contributed by atoms with Gasteiger partial charge in [-0.25, -0.2) is 4.98 Å². The van der Waals surface area contributed by atoms with Gasteiger partial charge < -0.3 is 14.8 Å². The molecule has 0 fully saturated rings. The predicted molar refractivity (Wildman–Crippen MR) is 86.9 cm³/mol. The van der Waals surface area contributed by atoms with Crippen molar-refractivity contribution in [1.82, 2.24) is 15.0 Å². The number of fused-ring (bicyclic) bond motifs is 1. The second-order valence-electron chi connectivity index (χ2n) is 5.20. The first-order valence-corrected chi connectivity index (χ1v) is 7.39. The summed E-state index contributed by atoms with van der Waals surface area (Å²) in [5.74, 6) is 0.0166. The van der Waals surface area contributed by atoms with Gasteiger partial charge in [-0.2, -0.15) is 0 Å². The van der Waals surface area contributed by atoms with Crippen LogP contribution in [0.2, 0.25) is 0 Å². The fraction of sp³-hybridized carbons (Fsp3) is 0.176. The lowest BCUT2D eigenvalue weighted by molar-refractivity contribution is -0.136. The Bertz CT molecular complexity index is 931. The van der Waals surface area contributed by atoms with Gasteiger partial charge in [0.1, 0.15) is 23.7 Å². The molecule has 3 rings (SSSR count). The van der Waals surface area contributed by atoms with Crippen molar-refractivity contribution in [2.75, 3.05) is 0 Å². The number of aromatic amines is 1. The molecule has 0 radical (unpaired) electrons. The molecule has 7 heteroatoms. The van der Waals surface area contributed by atoms with E-state index in [-0.39, 0.29) is 25.0 Å². The van der Waals surface area contributed by atoms with Crippen LogP contribution in [0.25, 0.3) is 10.9 Å². The number of hydrogen-bond acceptors (Lipinski definition) is 5. The lowest BCUT2D eigenvalue weighted by atomic mass is 10.2. The molecular formula is C17H15N3O4. The molecule has 2 heterocycles. The van der Waals surface area contributed by atoms with Gasteiger partial charge in [-0.15, -0.1) is 0 Å². The van der Waals surface area contributed by atoms with E-state index >= 15 is 0 Å². The molecular weight excluding hydrogens is 310 g/mol. The minimum absolute atomic E-state index is 0.0874. The summed E-state index contributed by atoms with van der Waals surface area (Å²) in [5.41, 5.74) is 0.731. The Kier molecular flexibility index (Phi) is 4.51.